The fourth-order valence-electron chi connectivity index (χ4n) is 3.51. The summed E-state index contributed by atoms with van der Waals surface area (Å²) in [5.74, 6) is 0.845. The van der Waals surface area contributed by atoms with Crippen LogP contribution in [0.25, 0.3) is 0 Å². The molecule has 0 saturated heterocycles. The van der Waals surface area contributed by atoms with Crippen LogP contribution in [-0.2, 0) is 4.79 Å². The zero-order chi connectivity index (χ0) is 24.4. The van der Waals surface area contributed by atoms with Gasteiger partial charge in [-0.15, -0.1) is 0 Å². The highest BCUT2D eigenvalue weighted by atomic mass is 35.5. The molecule has 0 saturated carbocycles. The third-order valence-electron chi connectivity index (χ3n) is 4.96. The monoisotopic (exact) mass is 423 g/mol. The van der Waals surface area contributed by atoms with Crippen LogP contribution in [0.1, 0.15) is 43.8 Å². The highest BCUT2D eigenvalue weighted by molar-refractivity contribution is 6.32. The van der Waals surface area contributed by atoms with Gasteiger partial charge in [-0.2, -0.15) is 0 Å². The minimum atomic E-state index is -3.19. The third-order valence-corrected chi connectivity index (χ3v) is 5.19. The van der Waals surface area contributed by atoms with Crippen molar-refractivity contribution in [2.24, 2.45) is 4.99 Å². The predicted octanol–water partition coefficient (Wildman–Crippen LogP) is 4.46. The van der Waals surface area contributed by atoms with Crippen molar-refractivity contribution in [2.75, 3.05) is 26.3 Å². The summed E-state index contributed by atoms with van der Waals surface area (Å²) in [6.07, 6.45) is 4.49. The molecular formula is C22H27ClFN3O2. The number of benzene rings is 1. The van der Waals surface area contributed by atoms with Gasteiger partial charge in [0, 0.05) is 25.7 Å². The van der Waals surface area contributed by atoms with E-state index in [0.29, 0.717) is 24.0 Å². The molecule has 1 aromatic carbocycles. The molecule has 2 heterocycles. The molecule has 0 fully saturated rings. The van der Waals surface area contributed by atoms with Crippen LogP contribution in [0.2, 0.25) is 0 Å². The number of nitrogens with zero attached hydrogens (tertiary/aromatic N) is 3. The van der Waals surface area contributed by atoms with Crippen molar-refractivity contribution in [3.63, 3.8) is 0 Å². The van der Waals surface area contributed by atoms with Gasteiger partial charge >= 0.3 is 0 Å². The molecule has 2 atom stereocenters. The molecule has 0 bridgehead atoms. The number of halogens is 2. The molecule has 2 aliphatic heterocycles. The van der Waals surface area contributed by atoms with Crippen molar-refractivity contribution < 1.29 is 19.4 Å². The number of fused-ring (bicyclic) bond motifs is 1. The Balaban J connectivity index is 1.82. The second-order valence-corrected chi connectivity index (χ2v) is 7.09. The number of alkyl halides is 1. The average molecular weight is 424 g/mol. The molecule has 29 heavy (non-hydrogen) atoms. The quantitative estimate of drug-likeness (QED) is 0.589. The number of carbonyl (C=O) groups excluding carboxylic acids is 1. The van der Waals surface area contributed by atoms with Crippen molar-refractivity contribution in [3.05, 3.63) is 53.2 Å². The number of rotatable bonds is 9. The van der Waals surface area contributed by atoms with Crippen molar-refractivity contribution >= 4 is 23.3 Å². The van der Waals surface area contributed by atoms with Crippen LogP contribution in [-0.4, -0.2) is 53.9 Å². The summed E-state index contributed by atoms with van der Waals surface area (Å²) >= 11 is 6.20. The van der Waals surface area contributed by atoms with Gasteiger partial charge in [0.15, 0.2) is 0 Å². The molecule has 7 heteroatoms. The van der Waals surface area contributed by atoms with Gasteiger partial charge in [-0.25, -0.2) is 0 Å². The second-order valence-electron chi connectivity index (χ2n) is 6.65. The number of ether oxygens (including phenoxy) is 1. The van der Waals surface area contributed by atoms with Crippen molar-refractivity contribution in [1.29, 1.82) is 0 Å². The number of carbonyl (C=O) groups is 1. The fourth-order valence-corrected chi connectivity index (χ4v) is 3.68. The molecular weight excluding hydrogens is 393 g/mol. The van der Waals surface area contributed by atoms with Gasteiger partial charge in [0.25, 0.3) is 0 Å². The average Bonchev–Trinajstić information content (AvgIpc) is 3.05. The highest BCUT2D eigenvalue weighted by Crippen LogP contribution is 2.37. The first-order valence-corrected chi connectivity index (χ1v) is 9.97. The molecule has 0 radical (unpaired) electrons. The molecule has 0 N–H and O–H groups in total. The summed E-state index contributed by atoms with van der Waals surface area (Å²) in [6, 6.07) is 5.83. The number of amides is 1. The van der Waals surface area contributed by atoms with Crippen LogP contribution in [0, 0.1) is 0 Å². The molecule has 3 rings (SSSR count). The Labute approximate surface area is 182 Å². The standard InChI is InChI=1S/C22H27ClFN3O2/c1-3-26(4-2)21(28)14-19-22(25-20-11-8-17(23)15-27(19)20)16-6-9-18(10-7-16)29-13-5-12-24/h6-11,15,19,22H,3-5,12-14H2,1-2H3/i12D2,13D2. The summed E-state index contributed by atoms with van der Waals surface area (Å²) in [5.41, 5.74) is 0.793. The molecule has 2 aliphatic rings. The zero-order valence-electron chi connectivity index (χ0n) is 20.4. The van der Waals surface area contributed by atoms with Crippen LogP contribution in [0.4, 0.5) is 4.39 Å². The van der Waals surface area contributed by atoms with Crippen molar-refractivity contribution in [1.82, 2.24) is 9.80 Å². The molecule has 0 spiro atoms. The van der Waals surface area contributed by atoms with Crippen LogP contribution in [0.15, 0.2) is 52.6 Å². The maximum Gasteiger partial charge on any atom is 0.224 e. The normalized spacial score (nSPS) is 23.2. The van der Waals surface area contributed by atoms with E-state index in [4.69, 9.17) is 26.8 Å². The van der Waals surface area contributed by atoms with E-state index in [2.05, 4.69) is 0 Å². The molecule has 5 nitrogen and oxygen atoms in total. The van der Waals surface area contributed by atoms with E-state index in [1.54, 1.807) is 35.4 Å². The van der Waals surface area contributed by atoms with E-state index in [1.165, 1.54) is 12.1 Å². The van der Waals surface area contributed by atoms with Gasteiger partial charge in [-0.05, 0) is 43.7 Å². The number of hydrogen-bond donors (Lipinski definition) is 0. The van der Waals surface area contributed by atoms with Crippen molar-refractivity contribution in [3.8, 4) is 5.75 Å². The minimum absolute atomic E-state index is 0.0131. The lowest BCUT2D eigenvalue weighted by molar-refractivity contribution is -0.131. The lowest BCUT2D eigenvalue weighted by atomic mass is 9.96. The van der Waals surface area contributed by atoms with Crippen LogP contribution in [0.3, 0.4) is 0 Å². The lowest BCUT2D eigenvalue weighted by Crippen LogP contribution is -2.40. The number of allylic oxidation sites excluding steroid dienone is 2. The van der Waals surface area contributed by atoms with Crippen LogP contribution in [0.5, 0.6) is 5.75 Å². The third kappa shape index (κ3) is 4.99. The van der Waals surface area contributed by atoms with Gasteiger partial charge in [0.05, 0.1) is 42.2 Å². The SMILES string of the molecule is [2H]C([2H])(F)CC([2H])([2H])Oc1ccc(C2N=C3C=CC(Cl)=CN3C2CC(=O)N(CC)CC)cc1. The summed E-state index contributed by atoms with van der Waals surface area (Å²) in [4.78, 5) is 21.3. The Morgan fingerprint density at radius 2 is 2.03 bits per heavy atom. The first-order chi connectivity index (χ1) is 15.4. The Morgan fingerprint density at radius 1 is 1.31 bits per heavy atom. The molecule has 2 unspecified atom stereocenters. The molecule has 1 amide bonds. The van der Waals surface area contributed by atoms with Gasteiger partial charge < -0.3 is 14.5 Å². The number of aliphatic imine (C=N–C) groups is 1. The Hall–Kier alpha value is -2.34. The molecule has 156 valence electrons. The van der Waals surface area contributed by atoms with Crippen LogP contribution >= 0.6 is 11.6 Å². The highest BCUT2D eigenvalue weighted by Gasteiger charge is 2.38. The van der Waals surface area contributed by atoms with E-state index in [1.807, 2.05) is 18.7 Å². The first-order valence-electron chi connectivity index (χ1n) is 11.6. The maximum atomic E-state index is 13.2. The topological polar surface area (TPSA) is 45.1 Å². The van der Waals surface area contributed by atoms with E-state index >= 15 is 0 Å². The Morgan fingerprint density at radius 3 is 2.69 bits per heavy atom. The van der Waals surface area contributed by atoms with E-state index in [9.17, 15) is 9.18 Å². The summed E-state index contributed by atoms with van der Waals surface area (Å²) in [7, 11) is 0. The fraction of sp³-hybridized carbons (Fsp3) is 0.455. The van der Waals surface area contributed by atoms with Gasteiger partial charge in [-0.3, -0.25) is 14.2 Å². The lowest BCUT2D eigenvalue weighted by Gasteiger charge is -2.30. The number of hydrogen-bond acceptors (Lipinski definition) is 4. The van der Waals surface area contributed by atoms with Gasteiger partial charge in [0.2, 0.25) is 5.91 Å². The second kappa shape index (κ2) is 9.92. The Kier molecular flexibility index (Phi) is 5.63. The Bertz CT molecular complexity index is 959. The van der Waals surface area contributed by atoms with E-state index in [0.717, 1.165) is 5.56 Å². The molecule has 1 aromatic rings. The zero-order valence-corrected chi connectivity index (χ0v) is 17.2. The predicted molar refractivity (Wildman–Crippen MR) is 114 cm³/mol. The first kappa shape index (κ1) is 16.5. The van der Waals surface area contributed by atoms with Gasteiger partial charge in [0.1, 0.15) is 11.6 Å². The number of amidine groups is 1. The summed E-state index contributed by atoms with van der Waals surface area (Å²) < 4.78 is 47.7. The van der Waals surface area contributed by atoms with Crippen LogP contribution < -0.4 is 4.74 Å². The largest absolute Gasteiger partial charge is 0.494 e. The summed E-state index contributed by atoms with van der Waals surface area (Å²) in [6.45, 7) is -0.618. The minimum Gasteiger partial charge on any atom is -0.494 e. The maximum absolute atomic E-state index is 13.2. The molecule has 0 aliphatic carbocycles. The van der Waals surface area contributed by atoms with E-state index in [-0.39, 0.29) is 30.2 Å². The van der Waals surface area contributed by atoms with Gasteiger partial charge in [-0.1, -0.05) is 23.7 Å². The molecule has 0 aromatic heterocycles. The van der Waals surface area contributed by atoms with Crippen molar-refractivity contribution in [2.45, 2.75) is 38.8 Å². The summed E-state index contributed by atoms with van der Waals surface area (Å²) in [5, 5.41) is 0.536. The smallest absolute Gasteiger partial charge is 0.224 e. The van der Waals surface area contributed by atoms with E-state index < -0.39 is 19.6 Å².